The SMILES string of the molecule is COc1cc(CC(c2ccc(OC)c(OC)c2)N2CCN[C@@H](C)C2)ccc1Cl. The van der Waals surface area contributed by atoms with Gasteiger partial charge < -0.3 is 19.5 Å². The van der Waals surface area contributed by atoms with E-state index in [1.165, 1.54) is 11.1 Å². The number of hydrogen-bond acceptors (Lipinski definition) is 5. The van der Waals surface area contributed by atoms with E-state index in [2.05, 4.69) is 35.3 Å². The summed E-state index contributed by atoms with van der Waals surface area (Å²) in [6, 6.07) is 12.9. The molecule has 3 rings (SSSR count). The third kappa shape index (κ3) is 4.72. The molecule has 1 saturated heterocycles. The lowest BCUT2D eigenvalue weighted by Crippen LogP contribution is -2.50. The molecular formula is C22H29ClN2O3. The molecule has 1 heterocycles. The largest absolute Gasteiger partial charge is 0.495 e. The molecule has 0 saturated carbocycles. The van der Waals surface area contributed by atoms with Gasteiger partial charge >= 0.3 is 0 Å². The number of methoxy groups -OCH3 is 3. The second-order valence-electron chi connectivity index (χ2n) is 7.15. The fraction of sp³-hybridized carbons (Fsp3) is 0.455. The predicted octanol–water partition coefficient (Wildman–Crippen LogP) is 3.94. The average Bonchev–Trinajstić information content (AvgIpc) is 2.72. The third-order valence-corrected chi connectivity index (χ3v) is 5.59. The zero-order valence-electron chi connectivity index (χ0n) is 17.0. The van der Waals surface area contributed by atoms with Gasteiger partial charge in [-0.05, 0) is 48.7 Å². The molecule has 0 radical (unpaired) electrons. The highest BCUT2D eigenvalue weighted by molar-refractivity contribution is 6.32. The minimum absolute atomic E-state index is 0.218. The number of halogens is 1. The number of nitrogens with zero attached hydrogens (tertiary/aromatic N) is 1. The van der Waals surface area contributed by atoms with E-state index >= 15 is 0 Å². The Kier molecular flexibility index (Phi) is 7.05. The maximum absolute atomic E-state index is 6.22. The van der Waals surface area contributed by atoms with Crippen LogP contribution in [0, 0.1) is 0 Å². The van der Waals surface area contributed by atoms with Gasteiger partial charge in [-0.25, -0.2) is 0 Å². The average molecular weight is 405 g/mol. The Balaban J connectivity index is 1.95. The van der Waals surface area contributed by atoms with Crippen molar-refractivity contribution in [3.63, 3.8) is 0 Å². The second-order valence-corrected chi connectivity index (χ2v) is 7.56. The van der Waals surface area contributed by atoms with E-state index in [-0.39, 0.29) is 6.04 Å². The van der Waals surface area contributed by atoms with Crippen molar-refractivity contribution < 1.29 is 14.2 Å². The van der Waals surface area contributed by atoms with Gasteiger partial charge in [0.1, 0.15) is 5.75 Å². The van der Waals surface area contributed by atoms with Crippen molar-refractivity contribution in [2.24, 2.45) is 0 Å². The zero-order valence-corrected chi connectivity index (χ0v) is 17.8. The summed E-state index contributed by atoms with van der Waals surface area (Å²) in [6.45, 7) is 5.19. The summed E-state index contributed by atoms with van der Waals surface area (Å²) in [4.78, 5) is 2.53. The highest BCUT2D eigenvalue weighted by atomic mass is 35.5. The normalized spacial score (nSPS) is 18.5. The fourth-order valence-corrected chi connectivity index (χ4v) is 4.01. The molecule has 6 heteroatoms. The quantitative estimate of drug-likeness (QED) is 0.757. The van der Waals surface area contributed by atoms with Gasteiger partial charge in [0.15, 0.2) is 11.5 Å². The van der Waals surface area contributed by atoms with Crippen molar-refractivity contribution in [2.75, 3.05) is 41.0 Å². The molecule has 5 nitrogen and oxygen atoms in total. The number of piperazine rings is 1. The Labute approximate surface area is 172 Å². The second kappa shape index (κ2) is 9.50. The minimum Gasteiger partial charge on any atom is -0.495 e. The lowest BCUT2D eigenvalue weighted by atomic mass is 9.95. The van der Waals surface area contributed by atoms with Crippen LogP contribution in [0.5, 0.6) is 17.2 Å². The van der Waals surface area contributed by atoms with Gasteiger partial charge in [0.2, 0.25) is 0 Å². The monoisotopic (exact) mass is 404 g/mol. The first-order chi connectivity index (χ1) is 13.5. The number of benzene rings is 2. The highest BCUT2D eigenvalue weighted by Crippen LogP contribution is 2.35. The van der Waals surface area contributed by atoms with E-state index in [4.69, 9.17) is 25.8 Å². The standard InChI is InChI=1S/C22H29ClN2O3/c1-15-14-25(10-9-24-15)19(11-16-5-7-18(23)21(12-16)27-3)17-6-8-20(26-2)22(13-17)28-4/h5-8,12-13,15,19,24H,9-11,14H2,1-4H3/t15-,19?/m0/s1. The van der Waals surface area contributed by atoms with Crippen molar-refractivity contribution in [3.05, 3.63) is 52.5 Å². The molecule has 0 aliphatic carbocycles. The number of rotatable bonds is 7. The molecule has 1 unspecified atom stereocenters. The molecular weight excluding hydrogens is 376 g/mol. The fourth-order valence-electron chi connectivity index (χ4n) is 3.82. The Bertz CT molecular complexity index is 799. The lowest BCUT2D eigenvalue weighted by Gasteiger charge is -2.38. The molecule has 1 aliphatic heterocycles. The lowest BCUT2D eigenvalue weighted by molar-refractivity contribution is 0.147. The molecule has 2 atom stereocenters. The molecule has 28 heavy (non-hydrogen) atoms. The topological polar surface area (TPSA) is 43.0 Å². The van der Waals surface area contributed by atoms with Crippen LogP contribution in [-0.2, 0) is 6.42 Å². The number of ether oxygens (including phenoxy) is 3. The van der Waals surface area contributed by atoms with Gasteiger partial charge in [0.25, 0.3) is 0 Å². The molecule has 0 bridgehead atoms. The van der Waals surface area contributed by atoms with Crippen LogP contribution in [-0.4, -0.2) is 51.9 Å². The Morgan fingerprint density at radius 1 is 1.04 bits per heavy atom. The number of hydrogen-bond donors (Lipinski definition) is 1. The molecule has 1 aliphatic rings. The number of nitrogens with one attached hydrogen (secondary N) is 1. The van der Waals surface area contributed by atoms with Crippen LogP contribution in [0.25, 0.3) is 0 Å². The Morgan fingerprint density at radius 3 is 2.46 bits per heavy atom. The summed E-state index contributed by atoms with van der Waals surface area (Å²) >= 11 is 6.22. The van der Waals surface area contributed by atoms with Crippen molar-refractivity contribution >= 4 is 11.6 Å². The van der Waals surface area contributed by atoms with E-state index in [1.807, 2.05) is 18.2 Å². The van der Waals surface area contributed by atoms with Gasteiger partial charge in [-0.3, -0.25) is 4.90 Å². The Hall–Kier alpha value is -1.95. The summed E-state index contributed by atoms with van der Waals surface area (Å²) in [6.07, 6.45) is 0.857. The van der Waals surface area contributed by atoms with Crippen molar-refractivity contribution in [1.29, 1.82) is 0 Å². The van der Waals surface area contributed by atoms with Gasteiger partial charge in [-0.15, -0.1) is 0 Å². The predicted molar refractivity (Wildman–Crippen MR) is 113 cm³/mol. The van der Waals surface area contributed by atoms with Gasteiger partial charge in [0, 0.05) is 31.7 Å². The van der Waals surface area contributed by atoms with Crippen LogP contribution in [0.15, 0.2) is 36.4 Å². The Morgan fingerprint density at radius 2 is 1.79 bits per heavy atom. The van der Waals surface area contributed by atoms with E-state index in [9.17, 15) is 0 Å². The zero-order chi connectivity index (χ0) is 20.1. The van der Waals surface area contributed by atoms with E-state index in [0.29, 0.717) is 16.8 Å². The van der Waals surface area contributed by atoms with Crippen LogP contribution in [0.2, 0.25) is 5.02 Å². The molecule has 1 N–H and O–H groups in total. The highest BCUT2D eigenvalue weighted by Gasteiger charge is 2.26. The maximum atomic E-state index is 6.22. The molecule has 0 amide bonds. The first kappa shape index (κ1) is 20.8. The van der Waals surface area contributed by atoms with Crippen LogP contribution in [0.3, 0.4) is 0 Å². The summed E-state index contributed by atoms with van der Waals surface area (Å²) in [5.41, 5.74) is 2.40. The van der Waals surface area contributed by atoms with Crippen LogP contribution < -0.4 is 19.5 Å². The summed E-state index contributed by atoms with van der Waals surface area (Å²) in [5, 5.41) is 4.15. The van der Waals surface area contributed by atoms with Gasteiger partial charge in [-0.2, -0.15) is 0 Å². The van der Waals surface area contributed by atoms with E-state index < -0.39 is 0 Å². The van der Waals surface area contributed by atoms with Crippen molar-refractivity contribution in [1.82, 2.24) is 10.2 Å². The van der Waals surface area contributed by atoms with E-state index in [0.717, 1.165) is 37.6 Å². The van der Waals surface area contributed by atoms with Crippen molar-refractivity contribution in [3.8, 4) is 17.2 Å². The van der Waals surface area contributed by atoms with Gasteiger partial charge in [-0.1, -0.05) is 23.7 Å². The smallest absolute Gasteiger partial charge is 0.161 e. The molecule has 152 valence electrons. The minimum atomic E-state index is 0.218. The molecule has 2 aromatic rings. The van der Waals surface area contributed by atoms with Crippen molar-refractivity contribution in [2.45, 2.75) is 25.4 Å². The van der Waals surface area contributed by atoms with Gasteiger partial charge in [0.05, 0.1) is 26.4 Å². The summed E-state index contributed by atoms with van der Waals surface area (Å²) < 4.78 is 16.4. The summed E-state index contributed by atoms with van der Waals surface area (Å²) in [5.74, 6) is 2.20. The molecule has 1 fully saturated rings. The van der Waals surface area contributed by atoms with E-state index in [1.54, 1.807) is 21.3 Å². The first-order valence-electron chi connectivity index (χ1n) is 9.57. The molecule has 0 aromatic heterocycles. The third-order valence-electron chi connectivity index (χ3n) is 5.28. The summed E-state index contributed by atoms with van der Waals surface area (Å²) in [7, 11) is 4.98. The molecule has 2 aromatic carbocycles. The molecule has 0 spiro atoms. The van der Waals surface area contributed by atoms with Crippen LogP contribution in [0.4, 0.5) is 0 Å². The maximum Gasteiger partial charge on any atom is 0.161 e. The van der Waals surface area contributed by atoms with Crippen LogP contribution >= 0.6 is 11.6 Å². The first-order valence-corrected chi connectivity index (χ1v) is 9.95. The van der Waals surface area contributed by atoms with Crippen LogP contribution in [0.1, 0.15) is 24.1 Å².